The van der Waals surface area contributed by atoms with Gasteiger partial charge in [0.1, 0.15) is 5.44 Å². The van der Waals surface area contributed by atoms with E-state index < -0.39 is 0 Å². The van der Waals surface area contributed by atoms with Gasteiger partial charge in [0, 0.05) is 19.6 Å². The Bertz CT molecular complexity index is 108. The summed E-state index contributed by atoms with van der Waals surface area (Å²) in [5, 5.41) is 0. The van der Waals surface area contributed by atoms with E-state index in [4.69, 9.17) is 9.47 Å². The molecule has 1 rings (SSSR count). The molecule has 2 unspecified atom stereocenters. The molecule has 1 aliphatic rings. The van der Waals surface area contributed by atoms with Crippen molar-refractivity contribution in [2.45, 2.75) is 18.8 Å². The summed E-state index contributed by atoms with van der Waals surface area (Å²) in [6, 6.07) is 0. The summed E-state index contributed by atoms with van der Waals surface area (Å²) in [7, 11) is 1.78. The van der Waals surface area contributed by atoms with Gasteiger partial charge in [0.15, 0.2) is 0 Å². The number of methoxy groups -OCH3 is 1. The molecule has 0 bridgehead atoms. The number of ether oxygens (including phenoxy) is 2. The van der Waals surface area contributed by atoms with Crippen LogP contribution in [0.15, 0.2) is 0 Å². The van der Waals surface area contributed by atoms with Crippen LogP contribution < -0.4 is 0 Å². The first-order valence-corrected chi connectivity index (χ1v) is 5.15. The fraction of sp³-hybridized carbons (Fsp3) is 1.00. The zero-order valence-corrected chi connectivity index (χ0v) is 8.02. The van der Waals surface area contributed by atoms with Crippen molar-refractivity contribution in [2.24, 2.45) is 5.92 Å². The Morgan fingerprint density at radius 1 is 1.55 bits per heavy atom. The van der Waals surface area contributed by atoms with Crippen LogP contribution in [-0.4, -0.2) is 31.5 Å². The molecule has 0 amide bonds. The van der Waals surface area contributed by atoms with E-state index in [0.717, 1.165) is 13.2 Å². The lowest BCUT2D eigenvalue weighted by Gasteiger charge is -2.16. The molecule has 66 valence electrons. The highest BCUT2D eigenvalue weighted by atomic mass is 32.2. The highest BCUT2D eigenvalue weighted by molar-refractivity contribution is 8.00. The summed E-state index contributed by atoms with van der Waals surface area (Å²) >= 11 is 1.90. The summed E-state index contributed by atoms with van der Waals surface area (Å²) in [6.45, 7) is 3.71. The fourth-order valence-electron chi connectivity index (χ4n) is 1.30. The van der Waals surface area contributed by atoms with Crippen molar-refractivity contribution in [3.63, 3.8) is 0 Å². The largest absolute Gasteiger partial charge is 0.381 e. The van der Waals surface area contributed by atoms with Gasteiger partial charge in [0.2, 0.25) is 0 Å². The SMILES string of the molecule is CCOCC1CCSC1OC. The van der Waals surface area contributed by atoms with E-state index in [0.29, 0.717) is 11.4 Å². The molecule has 11 heavy (non-hydrogen) atoms. The molecule has 1 aliphatic heterocycles. The molecule has 3 heteroatoms. The average Bonchev–Trinajstić information content (AvgIpc) is 2.47. The summed E-state index contributed by atoms with van der Waals surface area (Å²) in [5.74, 6) is 1.83. The summed E-state index contributed by atoms with van der Waals surface area (Å²) in [6.07, 6.45) is 1.24. The van der Waals surface area contributed by atoms with Crippen molar-refractivity contribution < 1.29 is 9.47 Å². The highest BCUT2D eigenvalue weighted by Crippen LogP contribution is 2.32. The van der Waals surface area contributed by atoms with Crippen LogP contribution in [0.4, 0.5) is 0 Å². The van der Waals surface area contributed by atoms with Gasteiger partial charge in [0.25, 0.3) is 0 Å². The van der Waals surface area contributed by atoms with Crippen molar-refractivity contribution in [1.29, 1.82) is 0 Å². The molecule has 0 aliphatic carbocycles. The molecule has 0 aromatic heterocycles. The molecule has 2 atom stereocenters. The number of rotatable bonds is 4. The van der Waals surface area contributed by atoms with Crippen LogP contribution >= 0.6 is 11.8 Å². The zero-order valence-electron chi connectivity index (χ0n) is 7.21. The average molecular weight is 176 g/mol. The van der Waals surface area contributed by atoms with Gasteiger partial charge in [-0.2, -0.15) is 0 Å². The number of thioether (sulfide) groups is 1. The van der Waals surface area contributed by atoms with Crippen molar-refractivity contribution in [3.8, 4) is 0 Å². The number of hydrogen-bond acceptors (Lipinski definition) is 3. The van der Waals surface area contributed by atoms with Gasteiger partial charge in [-0.05, 0) is 19.1 Å². The van der Waals surface area contributed by atoms with Crippen molar-refractivity contribution in [2.75, 3.05) is 26.1 Å². The Kier molecular flexibility index (Phi) is 4.26. The Balaban J connectivity index is 2.20. The van der Waals surface area contributed by atoms with E-state index in [1.807, 2.05) is 18.7 Å². The molecule has 1 saturated heterocycles. The highest BCUT2D eigenvalue weighted by Gasteiger charge is 2.27. The van der Waals surface area contributed by atoms with Gasteiger partial charge in [-0.3, -0.25) is 0 Å². The molecule has 0 N–H and O–H groups in total. The topological polar surface area (TPSA) is 18.5 Å². The minimum atomic E-state index is 0.376. The Hall–Kier alpha value is 0.270. The first kappa shape index (κ1) is 9.36. The second-order valence-corrected chi connectivity index (χ2v) is 3.89. The lowest BCUT2D eigenvalue weighted by atomic mass is 10.1. The molecule has 0 aromatic carbocycles. The second-order valence-electron chi connectivity index (χ2n) is 2.68. The van der Waals surface area contributed by atoms with Gasteiger partial charge in [-0.25, -0.2) is 0 Å². The Labute approximate surface area is 72.6 Å². The van der Waals surface area contributed by atoms with E-state index in [9.17, 15) is 0 Å². The summed E-state index contributed by atoms with van der Waals surface area (Å²) < 4.78 is 10.7. The van der Waals surface area contributed by atoms with Crippen molar-refractivity contribution >= 4 is 11.8 Å². The third kappa shape index (κ3) is 2.65. The molecule has 0 saturated carbocycles. The van der Waals surface area contributed by atoms with Crippen molar-refractivity contribution in [3.05, 3.63) is 0 Å². The molecular formula is C8H16O2S. The maximum absolute atomic E-state index is 5.36. The summed E-state index contributed by atoms with van der Waals surface area (Å²) in [5.41, 5.74) is 0.376. The molecular weight excluding hydrogens is 160 g/mol. The van der Waals surface area contributed by atoms with Crippen LogP contribution in [0.5, 0.6) is 0 Å². The Morgan fingerprint density at radius 2 is 2.36 bits per heavy atom. The number of hydrogen-bond donors (Lipinski definition) is 0. The van der Waals surface area contributed by atoms with Gasteiger partial charge in [-0.1, -0.05) is 0 Å². The van der Waals surface area contributed by atoms with E-state index in [1.165, 1.54) is 12.2 Å². The van der Waals surface area contributed by atoms with Crippen LogP contribution in [0.25, 0.3) is 0 Å². The van der Waals surface area contributed by atoms with Gasteiger partial charge in [-0.15, -0.1) is 11.8 Å². The van der Waals surface area contributed by atoms with Crippen LogP contribution in [0, 0.1) is 5.92 Å². The minimum absolute atomic E-state index is 0.376. The maximum atomic E-state index is 5.36. The Morgan fingerprint density at radius 3 is 3.00 bits per heavy atom. The molecule has 1 heterocycles. The third-order valence-electron chi connectivity index (χ3n) is 1.92. The van der Waals surface area contributed by atoms with Crippen molar-refractivity contribution in [1.82, 2.24) is 0 Å². The van der Waals surface area contributed by atoms with Gasteiger partial charge < -0.3 is 9.47 Å². The lowest BCUT2D eigenvalue weighted by molar-refractivity contribution is 0.0526. The predicted molar refractivity (Wildman–Crippen MR) is 47.9 cm³/mol. The monoisotopic (exact) mass is 176 g/mol. The summed E-state index contributed by atoms with van der Waals surface area (Å²) in [4.78, 5) is 0. The minimum Gasteiger partial charge on any atom is -0.381 e. The van der Waals surface area contributed by atoms with Crippen LogP contribution in [0.1, 0.15) is 13.3 Å². The van der Waals surface area contributed by atoms with E-state index in [2.05, 4.69) is 0 Å². The molecule has 1 fully saturated rings. The van der Waals surface area contributed by atoms with E-state index in [-0.39, 0.29) is 0 Å². The van der Waals surface area contributed by atoms with Crippen LogP contribution in [-0.2, 0) is 9.47 Å². The van der Waals surface area contributed by atoms with E-state index in [1.54, 1.807) is 7.11 Å². The predicted octanol–water partition coefficient (Wildman–Crippen LogP) is 1.75. The van der Waals surface area contributed by atoms with E-state index >= 15 is 0 Å². The quantitative estimate of drug-likeness (QED) is 0.650. The standard InChI is InChI=1S/C8H16O2S/c1-3-10-6-7-4-5-11-8(7)9-2/h7-8H,3-6H2,1-2H3. The molecule has 2 nitrogen and oxygen atoms in total. The van der Waals surface area contributed by atoms with Gasteiger partial charge >= 0.3 is 0 Å². The molecule has 0 radical (unpaired) electrons. The normalized spacial score (nSPS) is 31.1. The van der Waals surface area contributed by atoms with Crippen LogP contribution in [0.3, 0.4) is 0 Å². The van der Waals surface area contributed by atoms with Gasteiger partial charge in [0.05, 0.1) is 6.61 Å². The molecule has 0 aromatic rings. The first-order chi connectivity index (χ1) is 5.38. The maximum Gasteiger partial charge on any atom is 0.107 e. The lowest BCUT2D eigenvalue weighted by Crippen LogP contribution is -2.19. The zero-order chi connectivity index (χ0) is 8.10. The van der Waals surface area contributed by atoms with Crippen LogP contribution in [0.2, 0.25) is 0 Å². The molecule has 0 spiro atoms. The third-order valence-corrected chi connectivity index (χ3v) is 3.30. The first-order valence-electron chi connectivity index (χ1n) is 4.10. The smallest absolute Gasteiger partial charge is 0.107 e. The fourth-order valence-corrected chi connectivity index (χ4v) is 2.59. The second kappa shape index (κ2) is 5.01.